The largest absolute Gasteiger partial charge is 0.353 e. The summed E-state index contributed by atoms with van der Waals surface area (Å²) in [4.78, 5) is 10.6. The van der Waals surface area contributed by atoms with Crippen LogP contribution < -0.4 is 4.90 Å². The van der Waals surface area contributed by atoms with Gasteiger partial charge in [-0.05, 0) is 19.1 Å². The van der Waals surface area contributed by atoms with Gasteiger partial charge in [0.1, 0.15) is 5.82 Å². The van der Waals surface area contributed by atoms with Crippen molar-refractivity contribution in [1.82, 2.24) is 9.97 Å². The molecule has 3 nitrogen and oxygen atoms in total. The van der Waals surface area contributed by atoms with E-state index in [4.69, 9.17) is 11.6 Å². The molecule has 2 aromatic heterocycles. The molecule has 0 spiro atoms. The number of rotatable bonds is 4. The predicted octanol–water partition coefficient (Wildman–Crippen LogP) is 3.44. The summed E-state index contributed by atoms with van der Waals surface area (Å²) in [5.74, 6) is 1.07. The van der Waals surface area contributed by atoms with Gasteiger partial charge in [-0.15, -0.1) is 24.0 Å². The lowest BCUT2D eigenvalue weighted by atomic mass is 10.4. The third-order valence-corrected chi connectivity index (χ3v) is 3.61. The van der Waals surface area contributed by atoms with Crippen molar-refractivity contribution in [2.75, 3.05) is 11.4 Å². The van der Waals surface area contributed by atoms with E-state index >= 15 is 0 Å². The molecule has 86 valence electrons. The van der Waals surface area contributed by atoms with E-state index < -0.39 is 0 Å². The van der Waals surface area contributed by atoms with E-state index in [1.807, 2.05) is 18.3 Å². The molecule has 2 rings (SSSR count). The lowest BCUT2D eigenvalue weighted by Gasteiger charge is -2.20. The zero-order valence-corrected chi connectivity index (χ0v) is 11.2. The minimum Gasteiger partial charge on any atom is -0.353 e. The standard InChI is InChI=1S/C10H12ClN3S2/c1-2-14(8-3-4-9(15)13-8)6-7-5-12-10(11)16-7/h3-5,13,15H,2,6H2,1H3. The quantitative estimate of drug-likeness (QED) is 0.837. The van der Waals surface area contributed by atoms with Crippen molar-refractivity contribution in [2.45, 2.75) is 18.5 Å². The first-order valence-corrected chi connectivity index (χ1v) is 6.56. The molecular formula is C10H12ClN3S2. The van der Waals surface area contributed by atoms with E-state index in [1.54, 1.807) is 0 Å². The number of hydrogen-bond acceptors (Lipinski definition) is 4. The zero-order valence-electron chi connectivity index (χ0n) is 8.77. The van der Waals surface area contributed by atoms with Crippen LogP contribution in [-0.4, -0.2) is 16.5 Å². The van der Waals surface area contributed by atoms with Crippen LogP contribution in [0.25, 0.3) is 0 Å². The Morgan fingerprint density at radius 3 is 2.88 bits per heavy atom. The van der Waals surface area contributed by atoms with Crippen LogP contribution in [0.4, 0.5) is 5.82 Å². The van der Waals surface area contributed by atoms with Gasteiger partial charge in [0, 0.05) is 17.6 Å². The monoisotopic (exact) mass is 273 g/mol. The Morgan fingerprint density at radius 1 is 1.56 bits per heavy atom. The van der Waals surface area contributed by atoms with E-state index in [0.717, 1.165) is 28.8 Å². The molecule has 2 heterocycles. The second kappa shape index (κ2) is 5.12. The fourth-order valence-electron chi connectivity index (χ4n) is 1.47. The second-order valence-electron chi connectivity index (χ2n) is 3.32. The van der Waals surface area contributed by atoms with Crippen LogP contribution in [0.3, 0.4) is 0 Å². The van der Waals surface area contributed by atoms with E-state index in [1.165, 1.54) is 11.3 Å². The van der Waals surface area contributed by atoms with Gasteiger partial charge in [0.2, 0.25) is 0 Å². The maximum atomic E-state index is 5.81. The van der Waals surface area contributed by atoms with Crippen molar-refractivity contribution in [3.05, 3.63) is 27.7 Å². The summed E-state index contributed by atoms with van der Waals surface area (Å²) < 4.78 is 0.590. The Bertz CT molecular complexity index is 466. The molecule has 0 aliphatic rings. The average molecular weight is 274 g/mol. The maximum Gasteiger partial charge on any atom is 0.183 e. The highest BCUT2D eigenvalue weighted by Crippen LogP contribution is 2.22. The number of aromatic nitrogens is 2. The fraction of sp³-hybridized carbons (Fsp3) is 0.300. The van der Waals surface area contributed by atoms with E-state index in [9.17, 15) is 0 Å². The third-order valence-electron chi connectivity index (χ3n) is 2.25. The number of halogens is 1. The van der Waals surface area contributed by atoms with Gasteiger partial charge in [0.05, 0.1) is 11.6 Å². The van der Waals surface area contributed by atoms with Gasteiger partial charge in [-0.25, -0.2) is 4.98 Å². The first kappa shape index (κ1) is 11.8. The highest BCUT2D eigenvalue weighted by atomic mass is 35.5. The number of anilines is 1. The SMILES string of the molecule is CCN(Cc1cnc(Cl)s1)c1ccc(S)[nH]1. The van der Waals surface area contributed by atoms with Crippen LogP contribution in [0.2, 0.25) is 4.47 Å². The summed E-state index contributed by atoms with van der Waals surface area (Å²) in [7, 11) is 0. The topological polar surface area (TPSA) is 31.9 Å². The fourth-order valence-corrected chi connectivity index (χ4v) is 2.65. The predicted molar refractivity (Wildman–Crippen MR) is 71.9 cm³/mol. The summed E-state index contributed by atoms with van der Waals surface area (Å²) in [5.41, 5.74) is 0. The number of aromatic amines is 1. The molecule has 1 N–H and O–H groups in total. The van der Waals surface area contributed by atoms with Gasteiger partial charge >= 0.3 is 0 Å². The van der Waals surface area contributed by atoms with Crippen molar-refractivity contribution >= 4 is 41.4 Å². The molecule has 0 unspecified atom stereocenters. The first-order chi connectivity index (χ1) is 7.69. The number of nitrogens with zero attached hydrogens (tertiary/aromatic N) is 2. The van der Waals surface area contributed by atoms with Crippen LogP contribution in [-0.2, 0) is 6.54 Å². The molecule has 0 amide bonds. The summed E-state index contributed by atoms with van der Waals surface area (Å²) >= 11 is 11.6. The van der Waals surface area contributed by atoms with Crippen molar-refractivity contribution in [3.8, 4) is 0 Å². The molecule has 0 aliphatic heterocycles. The van der Waals surface area contributed by atoms with Gasteiger partial charge in [-0.2, -0.15) is 0 Å². The van der Waals surface area contributed by atoms with Gasteiger partial charge in [-0.3, -0.25) is 0 Å². The van der Waals surface area contributed by atoms with Crippen LogP contribution in [0, 0.1) is 0 Å². The molecule has 16 heavy (non-hydrogen) atoms. The minimum absolute atomic E-state index is 0.590. The summed E-state index contributed by atoms with van der Waals surface area (Å²) in [5, 5.41) is 0.871. The smallest absolute Gasteiger partial charge is 0.183 e. The summed E-state index contributed by atoms with van der Waals surface area (Å²) in [6, 6.07) is 3.97. The highest BCUT2D eigenvalue weighted by molar-refractivity contribution is 7.80. The Balaban J connectivity index is 2.12. The molecule has 0 atom stereocenters. The number of H-pyrrole nitrogens is 1. The maximum absolute atomic E-state index is 5.81. The van der Waals surface area contributed by atoms with E-state index in [2.05, 4.69) is 34.4 Å². The van der Waals surface area contributed by atoms with Crippen LogP contribution in [0.15, 0.2) is 23.4 Å². The van der Waals surface area contributed by atoms with Gasteiger partial charge in [0.15, 0.2) is 4.47 Å². The Hall–Kier alpha value is -0.650. The zero-order chi connectivity index (χ0) is 11.5. The van der Waals surface area contributed by atoms with Crippen molar-refractivity contribution in [2.24, 2.45) is 0 Å². The number of nitrogens with one attached hydrogen (secondary N) is 1. The van der Waals surface area contributed by atoms with Gasteiger partial charge in [-0.1, -0.05) is 11.6 Å². The minimum atomic E-state index is 0.590. The number of hydrogen-bond donors (Lipinski definition) is 2. The molecular weight excluding hydrogens is 262 g/mol. The molecule has 0 saturated carbocycles. The lowest BCUT2D eigenvalue weighted by molar-refractivity contribution is 0.821. The summed E-state index contributed by atoms with van der Waals surface area (Å²) in [6.45, 7) is 3.85. The summed E-state index contributed by atoms with van der Waals surface area (Å²) in [6.07, 6.45) is 1.82. The Morgan fingerprint density at radius 2 is 2.38 bits per heavy atom. The van der Waals surface area contributed by atoms with Crippen LogP contribution in [0.5, 0.6) is 0 Å². The van der Waals surface area contributed by atoms with Crippen molar-refractivity contribution in [3.63, 3.8) is 0 Å². The molecule has 0 bridgehead atoms. The normalized spacial score (nSPS) is 10.7. The van der Waals surface area contributed by atoms with Gasteiger partial charge in [0.25, 0.3) is 0 Å². The Labute approximate surface area is 109 Å². The second-order valence-corrected chi connectivity index (χ2v) is 5.50. The lowest BCUT2D eigenvalue weighted by Crippen LogP contribution is -2.21. The molecule has 0 saturated heterocycles. The highest BCUT2D eigenvalue weighted by Gasteiger charge is 2.09. The van der Waals surface area contributed by atoms with E-state index in [-0.39, 0.29) is 0 Å². The first-order valence-electron chi connectivity index (χ1n) is 4.92. The number of thiol groups is 1. The van der Waals surface area contributed by atoms with Gasteiger partial charge < -0.3 is 9.88 Å². The molecule has 0 fully saturated rings. The number of thiazole rings is 1. The van der Waals surface area contributed by atoms with Crippen LogP contribution in [0.1, 0.15) is 11.8 Å². The van der Waals surface area contributed by atoms with Crippen LogP contribution >= 0.6 is 35.6 Å². The molecule has 2 aromatic rings. The van der Waals surface area contributed by atoms with E-state index in [0.29, 0.717) is 4.47 Å². The molecule has 0 aromatic carbocycles. The molecule has 0 aliphatic carbocycles. The molecule has 6 heteroatoms. The molecule has 0 radical (unpaired) electrons. The average Bonchev–Trinajstić information content (AvgIpc) is 2.84. The van der Waals surface area contributed by atoms with Crippen molar-refractivity contribution < 1.29 is 0 Å². The third kappa shape index (κ3) is 2.72. The Kier molecular flexibility index (Phi) is 3.78. The van der Waals surface area contributed by atoms with Crippen molar-refractivity contribution in [1.29, 1.82) is 0 Å².